The van der Waals surface area contributed by atoms with Crippen LogP contribution in [0.25, 0.3) is 0 Å². The molecule has 6 heteroatoms. The van der Waals surface area contributed by atoms with Crippen LogP contribution in [-0.2, 0) is 0 Å². The van der Waals surface area contributed by atoms with Gasteiger partial charge in [-0.3, -0.25) is 4.79 Å². The van der Waals surface area contributed by atoms with Gasteiger partial charge in [-0.1, -0.05) is 12.1 Å². The number of carbonyl (C=O) groups is 1. The maximum atomic E-state index is 13.0. The summed E-state index contributed by atoms with van der Waals surface area (Å²) in [5, 5.41) is 20.1. The molecule has 0 spiro atoms. The van der Waals surface area contributed by atoms with Gasteiger partial charge in [0.2, 0.25) is 0 Å². The van der Waals surface area contributed by atoms with Crippen LogP contribution in [0.4, 0.5) is 4.39 Å². The molecule has 5 nitrogen and oxygen atoms in total. The Bertz CT molecular complexity index is 701. The molecule has 1 amide bonds. The minimum atomic E-state index is -0.925. The maximum absolute atomic E-state index is 13.0. The van der Waals surface area contributed by atoms with E-state index in [2.05, 4.69) is 4.98 Å². The standard InChI is InChI=1S/C17H17FN2O3/c18-12-5-3-11(4-6-12)15(22)10-20(13-7-8-13)17(23)16-14(21)2-1-9-19-16/h1-6,9,13,15,21-22H,7-8,10H2/t15-/m1/s1. The van der Waals surface area contributed by atoms with Crippen molar-refractivity contribution in [3.63, 3.8) is 0 Å². The van der Waals surface area contributed by atoms with E-state index < -0.39 is 12.0 Å². The zero-order chi connectivity index (χ0) is 16.4. The molecule has 1 aliphatic carbocycles. The number of aromatic nitrogens is 1. The summed E-state index contributed by atoms with van der Waals surface area (Å²) >= 11 is 0. The van der Waals surface area contributed by atoms with E-state index in [-0.39, 0.29) is 29.8 Å². The van der Waals surface area contributed by atoms with Crippen molar-refractivity contribution in [2.75, 3.05) is 6.54 Å². The van der Waals surface area contributed by atoms with Crippen LogP contribution in [0.15, 0.2) is 42.6 Å². The Balaban J connectivity index is 1.78. The summed E-state index contributed by atoms with van der Waals surface area (Å²) in [6.45, 7) is 0.0746. The molecule has 1 atom stereocenters. The fraction of sp³-hybridized carbons (Fsp3) is 0.294. The summed E-state index contributed by atoms with van der Waals surface area (Å²) in [5.41, 5.74) is 0.515. The highest BCUT2D eigenvalue weighted by atomic mass is 19.1. The van der Waals surface area contributed by atoms with E-state index in [1.807, 2.05) is 0 Å². The number of aliphatic hydroxyl groups is 1. The first-order valence-electron chi connectivity index (χ1n) is 7.44. The molecule has 1 heterocycles. The van der Waals surface area contributed by atoms with Crippen LogP contribution in [0.2, 0.25) is 0 Å². The van der Waals surface area contributed by atoms with Crippen molar-refractivity contribution < 1.29 is 19.4 Å². The number of carbonyl (C=O) groups excluding carboxylic acids is 1. The molecule has 3 rings (SSSR count). The number of aliphatic hydroxyl groups excluding tert-OH is 1. The lowest BCUT2D eigenvalue weighted by atomic mass is 10.1. The minimum Gasteiger partial charge on any atom is -0.505 e. The maximum Gasteiger partial charge on any atom is 0.276 e. The lowest BCUT2D eigenvalue weighted by Crippen LogP contribution is -2.37. The van der Waals surface area contributed by atoms with Gasteiger partial charge in [-0.05, 0) is 42.7 Å². The Kier molecular flexibility index (Phi) is 4.25. The van der Waals surface area contributed by atoms with Crippen molar-refractivity contribution in [2.45, 2.75) is 25.0 Å². The van der Waals surface area contributed by atoms with Crippen molar-refractivity contribution in [3.05, 3.63) is 59.7 Å². The summed E-state index contributed by atoms with van der Waals surface area (Å²) in [6.07, 6.45) is 2.23. The van der Waals surface area contributed by atoms with Gasteiger partial charge >= 0.3 is 0 Å². The number of rotatable bonds is 5. The predicted octanol–water partition coefficient (Wildman–Crippen LogP) is 2.26. The highest BCUT2D eigenvalue weighted by Gasteiger charge is 2.35. The number of benzene rings is 1. The Labute approximate surface area is 133 Å². The fourth-order valence-electron chi connectivity index (χ4n) is 2.46. The number of nitrogens with zero attached hydrogens (tertiary/aromatic N) is 2. The quantitative estimate of drug-likeness (QED) is 0.887. The van der Waals surface area contributed by atoms with E-state index in [0.717, 1.165) is 12.8 Å². The van der Waals surface area contributed by atoms with Crippen molar-refractivity contribution >= 4 is 5.91 Å². The second-order valence-corrected chi connectivity index (χ2v) is 5.63. The van der Waals surface area contributed by atoms with Gasteiger partial charge < -0.3 is 15.1 Å². The van der Waals surface area contributed by atoms with Gasteiger partial charge in [0.25, 0.3) is 5.91 Å². The molecular formula is C17H17FN2O3. The molecule has 0 unspecified atom stereocenters. The molecular weight excluding hydrogens is 299 g/mol. The highest BCUT2D eigenvalue weighted by molar-refractivity contribution is 5.95. The molecule has 0 saturated heterocycles. The van der Waals surface area contributed by atoms with E-state index in [0.29, 0.717) is 5.56 Å². The summed E-state index contributed by atoms with van der Waals surface area (Å²) in [5.74, 6) is -0.972. The van der Waals surface area contributed by atoms with Crippen molar-refractivity contribution in [3.8, 4) is 5.75 Å². The summed E-state index contributed by atoms with van der Waals surface area (Å²) in [6, 6.07) is 8.52. The molecule has 1 fully saturated rings. The van der Waals surface area contributed by atoms with Crippen molar-refractivity contribution in [1.82, 2.24) is 9.88 Å². The second kappa shape index (κ2) is 6.34. The third kappa shape index (κ3) is 3.48. The Morgan fingerprint density at radius 3 is 2.61 bits per heavy atom. The highest BCUT2D eigenvalue weighted by Crippen LogP contribution is 2.31. The van der Waals surface area contributed by atoms with Gasteiger partial charge in [0.15, 0.2) is 5.69 Å². The van der Waals surface area contributed by atoms with Crippen molar-refractivity contribution in [1.29, 1.82) is 0 Å². The summed E-state index contributed by atoms with van der Waals surface area (Å²) in [7, 11) is 0. The van der Waals surface area contributed by atoms with Crippen LogP contribution in [-0.4, -0.2) is 38.6 Å². The number of amides is 1. The third-order valence-electron chi connectivity index (χ3n) is 3.86. The lowest BCUT2D eigenvalue weighted by Gasteiger charge is -2.25. The smallest absolute Gasteiger partial charge is 0.276 e. The van der Waals surface area contributed by atoms with E-state index in [1.54, 1.807) is 6.07 Å². The molecule has 1 aromatic carbocycles. The normalized spacial score (nSPS) is 15.2. The van der Waals surface area contributed by atoms with Gasteiger partial charge in [-0.2, -0.15) is 0 Å². The Morgan fingerprint density at radius 1 is 1.30 bits per heavy atom. The van der Waals surface area contributed by atoms with Gasteiger partial charge in [-0.15, -0.1) is 0 Å². The van der Waals surface area contributed by atoms with Crippen LogP contribution >= 0.6 is 0 Å². The number of hydrogen-bond acceptors (Lipinski definition) is 4. The first-order valence-corrected chi connectivity index (χ1v) is 7.44. The van der Waals surface area contributed by atoms with Crippen LogP contribution in [0, 0.1) is 5.82 Å². The topological polar surface area (TPSA) is 73.7 Å². The third-order valence-corrected chi connectivity index (χ3v) is 3.86. The molecule has 2 aromatic rings. The van der Waals surface area contributed by atoms with E-state index in [9.17, 15) is 19.4 Å². The van der Waals surface area contributed by atoms with Gasteiger partial charge in [-0.25, -0.2) is 9.37 Å². The molecule has 1 saturated carbocycles. The van der Waals surface area contributed by atoms with E-state index in [4.69, 9.17) is 0 Å². The summed E-state index contributed by atoms with van der Waals surface area (Å²) in [4.78, 5) is 18.1. The van der Waals surface area contributed by atoms with Gasteiger partial charge in [0.05, 0.1) is 12.6 Å². The Hall–Kier alpha value is -2.47. The van der Waals surface area contributed by atoms with Crippen LogP contribution in [0.1, 0.15) is 35.0 Å². The SMILES string of the molecule is O=C(c1ncccc1O)N(C[C@@H](O)c1ccc(F)cc1)C1CC1. The molecule has 120 valence electrons. The van der Waals surface area contributed by atoms with Gasteiger partial charge in [0, 0.05) is 12.2 Å². The molecule has 0 aliphatic heterocycles. The predicted molar refractivity (Wildman–Crippen MR) is 81.3 cm³/mol. The zero-order valence-corrected chi connectivity index (χ0v) is 12.4. The lowest BCUT2D eigenvalue weighted by molar-refractivity contribution is 0.0594. The van der Waals surface area contributed by atoms with Crippen LogP contribution in [0.3, 0.4) is 0 Å². The van der Waals surface area contributed by atoms with E-state index in [1.165, 1.54) is 41.4 Å². The molecule has 1 aromatic heterocycles. The van der Waals surface area contributed by atoms with Crippen LogP contribution < -0.4 is 0 Å². The molecule has 1 aliphatic rings. The molecule has 0 radical (unpaired) electrons. The Morgan fingerprint density at radius 2 is 2.00 bits per heavy atom. The monoisotopic (exact) mass is 316 g/mol. The average molecular weight is 316 g/mol. The number of aromatic hydroxyl groups is 1. The molecule has 0 bridgehead atoms. The number of hydrogen-bond donors (Lipinski definition) is 2. The second-order valence-electron chi connectivity index (χ2n) is 5.63. The minimum absolute atomic E-state index is 0.0225. The molecule has 23 heavy (non-hydrogen) atoms. The fourth-order valence-corrected chi connectivity index (χ4v) is 2.46. The van der Waals surface area contributed by atoms with Crippen molar-refractivity contribution in [2.24, 2.45) is 0 Å². The van der Waals surface area contributed by atoms with Crippen LogP contribution in [0.5, 0.6) is 5.75 Å². The summed E-state index contributed by atoms with van der Waals surface area (Å²) < 4.78 is 13.0. The largest absolute Gasteiger partial charge is 0.505 e. The zero-order valence-electron chi connectivity index (χ0n) is 12.4. The van der Waals surface area contributed by atoms with Gasteiger partial charge in [0.1, 0.15) is 11.6 Å². The first kappa shape index (κ1) is 15.4. The number of pyridine rings is 1. The van der Waals surface area contributed by atoms with E-state index >= 15 is 0 Å². The number of halogens is 1. The average Bonchev–Trinajstić information content (AvgIpc) is 3.37. The first-order chi connectivity index (χ1) is 11.1. The molecule has 2 N–H and O–H groups in total.